The topological polar surface area (TPSA) is 46.0 Å². The molecule has 2 aromatic heterocycles. The zero-order chi connectivity index (χ0) is 20.7. The summed E-state index contributed by atoms with van der Waals surface area (Å²) < 4.78 is 26.9. The number of pyridine rings is 2. The first-order valence-corrected chi connectivity index (χ1v) is 9.47. The molecule has 0 saturated carbocycles. The highest BCUT2D eigenvalue weighted by Crippen LogP contribution is 2.32. The summed E-state index contributed by atoms with van der Waals surface area (Å²) in [6.07, 6.45) is 8.46. The fourth-order valence-corrected chi connectivity index (χ4v) is 3.63. The van der Waals surface area contributed by atoms with Crippen LogP contribution in [0.25, 0.3) is 35.2 Å². The van der Waals surface area contributed by atoms with E-state index in [4.69, 9.17) is 0 Å². The van der Waals surface area contributed by atoms with Crippen LogP contribution in [-0.2, 0) is 0 Å². The molecule has 1 aliphatic carbocycles. The summed E-state index contributed by atoms with van der Waals surface area (Å²) in [6.45, 7) is 0. The molecule has 146 valence electrons. The van der Waals surface area contributed by atoms with Gasteiger partial charge < -0.3 is 5.11 Å². The predicted octanol–water partition coefficient (Wildman–Crippen LogP) is 5.64. The minimum absolute atomic E-state index is 0.391. The first-order valence-electron chi connectivity index (χ1n) is 9.47. The van der Waals surface area contributed by atoms with E-state index in [9.17, 15) is 13.9 Å². The highest BCUT2D eigenvalue weighted by Gasteiger charge is 2.19. The van der Waals surface area contributed by atoms with Gasteiger partial charge in [-0.05, 0) is 53.1 Å². The number of hydrogen-bond donors (Lipinski definition) is 1. The standard InChI is InChI=1S/C25H16F2N2O/c26-21-13-17-6-9-18(29-24(17)14-22(21)27)8-4-15-3-5-16-7-10-23-19(2-1-11-28-23)25(30)20(16)12-15/h1-14,25,30H/b8-4+. The predicted molar refractivity (Wildman–Crippen MR) is 114 cm³/mol. The van der Waals surface area contributed by atoms with Crippen molar-refractivity contribution in [2.75, 3.05) is 0 Å². The summed E-state index contributed by atoms with van der Waals surface area (Å²) in [5, 5.41) is 11.4. The molecule has 0 bridgehead atoms. The Morgan fingerprint density at radius 2 is 1.73 bits per heavy atom. The Hall–Kier alpha value is -3.70. The van der Waals surface area contributed by atoms with Crippen molar-refractivity contribution >= 4 is 35.2 Å². The molecule has 1 aliphatic rings. The van der Waals surface area contributed by atoms with Gasteiger partial charge in [-0.2, -0.15) is 0 Å². The maximum absolute atomic E-state index is 13.5. The van der Waals surface area contributed by atoms with Crippen LogP contribution in [0.3, 0.4) is 0 Å². The number of nitrogens with zero attached hydrogens (tertiary/aromatic N) is 2. The molecule has 0 fully saturated rings. The number of benzene rings is 2. The molecule has 4 aromatic rings. The van der Waals surface area contributed by atoms with Crippen LogP contribution in [0.15, 0.2) is 60.8 Å². The third kappa shape index (κ3) is 3.29. The van der Waals surface area contributed by atoms with Gasteiger partial charge in [0.2, 0.25) is 0 Å². The Labute approximate surface area is 171 Å². The second kappa shape index (κ2) is 7.28. The number of hydrogen-bond acceptors (Lipinski definition) is 3. The fourth-order valence-electron chi connectivity index (χ4n) is 3.63. The summed E-state index contributed by atoms with van der Waals surface area (Å²) in [6, 6.07) is 15.2. The van der Waals surface area contributed by atoms with Crippen molar-refractivity contribution in [2.45, 2.75) is 6.10 Å². The summed E-state index contributed by atoms with van der Waals surface area (Å²) in [5.41, 5.74) is 5.14. The first-order chi connectivity index (χ1) is 14.6. The van der Waals surface area contributed by atoms with Gasteiger partial charge in [0, 0.05) is 23.2 Å². The molecule has 1 atom stereocenters. The molecule has 0 spiro atoms. The molecular weight excluding hydrogens is 382 g/mol. The van der Waals surface area contributed by atoms with Crippen molar-refractivity contribution in [1.29, 1.82) is 0 Å². The maximum Gasteiger partial charge on any atom is 0.161 e. The Morgan fingerprint density at radius 3 is 2.63 bits per heavy atom. The van der Waals surface area contributed by atoms with Crippen LogP contribution >= 0.6 is 0 Å². The number of rotatable bonds is 2. The van der Waals surface area contributed by atoms with Gasteiger partial charge in [-0.25, -0.2) is 13.8 Å². The number of aliphatic hydroxyl groups excluding tert-OH is 1. The van der Waals surface area contributed by atoms with Gasteiger partial charge in [0.15, 0.2) is 11.6 Å². The fraction of sp³-hybridized carbons (Fsp3) is 0.0400. The summed E-state index contributed by atoms with van der Waals surface area (Å²) >= 11 is 0. The average molecular weight is 398 g/mol. The molecule has 5 heteroatoms. The lowest BCUT2D eigenvalue weighted by Gasteiger charge is -2.14. The number of fused-ring (bicyclic) bond motifs is 3. The van der Waals surface area contributed by atoms with Gasteiger partial charge >= 0.3 is 0 Å². The molecular formula is C25H16F2N2O. The van der Waals surface area contributed by atoms with E-state index in [1.54, 1.807) is 24.4 Å². The molecule has 30 heavy (non-hydrogen) atoms. The second-order valence-corrected chi connectivity index (χ2v) is 7.13. The average Bonchev–Trinajstić information content (AvgIpc) is 2.90. The van der Waals surface area contributed by atoms with E-state index in [-0.39, 0.29) is 0 Å². The highest BCUT2D eigenvalue weighted by molar-refractivity contribution is 5.81. The maximum atomic E-state index is 13.5. The van der Waals surface area contributed by atoms with Crippen molar-refractivity contribution in [3.63, 3.8) is 0 Å². The zero-order valence-electron chi connectivity index (χ0n) is 15.8. The lowest BCUT2D eigenvalue weighted by molar-refractivity contribution is 0.219. The van der Waals surface area contributed by atoms with Crippen LogP contribution < -0.4 is 0 Å². The van der Waals surface area contributed by atoms with Crippen LogP contribution in [0.2, 0.25) is 0 Å². The van der Waals surface area contributed by atoms with Gasteiger partial charge in [-0.15, -0.1) is 0 Å². The van der Waals surface area contributed by atoms with Gasteiger partial charge in [0.05, 0.1) is 16.9 Å². The summed E-state index contributed by atoms with van der Waals surface area (Å²) in [4.78, 5) is 8.71. The van der Waals surface area contributed by atoms with E-state index < -0.39 is 17.7 Å². The normalized spacial score (nSPS) is 15.2. The molecule has 1 N–H and O–H groups in total. The van der Waals surface area contributed by atoms with E-state index in [2.05, 4.69) is 9.97 Å². The molecule has 0 amide bonds. The molecule has 0 radical (unpaired) electrons. The third-order valence-corrected chi connectivity index (χ3v) is 5.19. The van der Waals surface area contributed by atoms with Crippen molar-refractivity contribution in [2.24, 2.45) is 0 Å². The summed E-state index contributed by atoms with van der Waals surface area (Å²) in [5.74, 6) is -1.80. The molecule has 1 unspecified atom stereocenters. The van der Waals surface area contributed by atoms with Crippen LogP contribution in [0.1, 0.15) is 39.7 Å². The Balaban J connectivity index is 1.49. The van der Waals surface area contributed by atoms with Crippen molar-refractivity contribution < 1.29 is 13.9 Å². The number of halogens is 2. The van der Waals surface area contributed by atoms with Crippen molar-refractivity contribution in [3.8, 4) is 0 Å². The molecule has 2 heterocycles. The van der Waals surface area contributed by atoms with E-state index in [1.807, 2.05) is 48.6 Å². The van der Waals surface area contributed by atoms with Gasteiger partial charge in [0.25, 0.3) is 0 Å². The van der Waals surface area contributed by atoms with Crippen LogP contribution in [0.5, 0.6) is 0 Å². The molecule has 0 aliphatic heterocycles. The number of aliphatic hydroxyl groups is 1. The van der Waals surface area contributed by atoms with Gasteiger partial charge in [-0.3, -0.25) is 4.98 Å². The van der Waals surface area contributed by atoms with E-state index in [1.165, 1.54) is 0 Å². The molecule has 0 saturated heterocycles. The summed E-state index contributed by atoms with van der Waals surface area (Å²) in [7, 11) is 0. The second-order valence-electron chi connectivity index (χ2n) is 7.13. The Kier molecular flexibility index (Phi) is 4.45. The van der Waals surface area contributed by atoms with Crippen LogP contribution in [0.4, 0.5) is 8.78 Å². The molecule has 2 aromatic carbocycles. The SMILES string of the molecule is OC1c2cc(/C=C/c3ccc4cc(F)c(F)cc4n3)ccc2C=Cc2ncccc21. The zero-order valence-corrected chi connectivity index (χ0v) is 15.8. The molecule has 5 rings (SSSR count). The van der Waals surface area contributed by atoms with Gasteiger partial charge in [-0.1, -0.05) is 36.4 Å². The van der Waals surface area contributed by atoms with Gasteiger partial charge in [0.1, 0.15) is 6.10 Å². The number of aromatic nitrogens is 2. The van der Waals surface area contributed by atoms with E-state index in [0.29, 0.717) is 16.6 Å². The van der Waals surface area contributed by atoms with E-state index >= 15 is 0 Å². The minimum atomic E-state index is -0.918. The smallest absolute Gasteiger partial charge is 0.161 e. The monoisotopic (exact) mass is 398 g/mol. The minimum Gasteiger partial charge on any atom is -0.384 e. The van der Waals surface area contributed by atoms with Crippen LogP contribution in [-0.4, -0.2) is 15.1 Å². The highest BCUT2D eigenvalue weighted by atomic mass is 19.2. The third-order valence-electron chi connectivity index (χ3n) is 5.19. The first kappa shape index (κ1) is 18.3. The lowest BCUT2D eigenvalue weighted by atomic mass is 9.96. The quantitative estimate of drug-likeness (QED) is 0.475. The van der Waals surface area contributed by atoms with Crippen molar-refractivity contribution in [3.05, 3.63) is 106 Å². The van der Waals surface area contributed by atoms with Crippen molar-refractivity contribution in [1.82, 2.24) is 9.97 Å². The largest absolute Gasteiger partial charge is 0.384 e. The van der Waals surface area contributed by atoms with Crippen LogP contribution in [0, 0.1) is 11.6 Å². The lowest BCUT2D eigenvalue weighted by Crippen LogP contribution is -2.03. The Bertz CT molecular complexity index is 1340. The Morgan fingerprint density at radius 1 is 0.867 bits per heavy atom. The van der Waals surface area contributed by atoms with E-state index in [0.717, 1.165) is 40.1 Å². The molecule has 3 nitrogen and oxygen atoms in total.